The van der Waals surface area contributed by atoms with E-state index in [0.717, 1.165) is 35.9 Å². The van der Waals surface area contributed by atoms with Gasteiger partial charge in [0, 0.05) is 55.8 Å². The van der Waals surface area contributed by atoms with E-state index in [2.05, 4.69) is 29.1 Å². The maximum atomic E-state index is 12.8. The smallest absolute Gasteiger partial charge is 0.254 e. The largest absolute Gasteiger partial charge is 0.372 e. The highest BCUT2D eigenvalue weighted by molar-refractivity contribution is 14.0. The molecule has 1 aromatic carbocycles. The molecule has 0 aromatic heterocycles. The molecule has 1 N–H and O–H groups in total. The molecule has 2 aliphatic heterocycles. The number of guanidine groups is 1. The number of amides is 1. The number of nitrogens with zero attached hydrogens (tertiary/aromatic N) is 3. The van der Waals surface area contributed by atoms with Crippen molar-refractivity contribution in [3.8, 4) is 0 Å². The van der Waals surface area contributed by atoms with Gasteiger partial charge in [-0.25, -0.2) is 0 Å². The van der Waals surface area contributed by atoms with Gasteiger partial charge in [-0.05, 0) is 45.4 Å². The normalized spacial score (nSPS) is 24.2. The summed E-state index contributed by atoms with van der Waals surface area (Å²) in [5, 5.41) is 3.47. The Labute approximate surface area is 202 Å². The number of carbonyl (C=O) groups is 1. The summed E-state index contributed by atoms with van der Waals surface area (Å²) >= 11 is 2.01. The molecular formula is C22H35IN4O2S. The summed E-state index contributed by atoms with van der Waals surface area (Å²) in [4.78, 5) is 21.5. The Kier molecular flexibility index (Phi) is 9.30. The van der Waals surface area contributed by atoms with Gasteiger partial charge in [0.05, 0.1) is 12.2 Å². The highest BCUT2D eigenvalue weighted by atomic mass is 127. The molecule has 2 aliphatic rings. The molecule has 168 valence electrons. The number of hydrogen-bond acceptors (Lipinski definition) is 4. The van der Waals surface area contributed by atoms with E-state index in [9.17, 15) is 4.79 Å². The van der Waals surface area contributed by atoms with E-state index in [0.29, 0.717) is 19.6 Å². The van der Waals surface area contributed by atoms with Gasteiger partial charge in [0.1, 0.15) is 0 Å². The lowest BCUT2D eigenvalue weighted by atomic mass is 10.1. The lowest BCUT2D eigenvalue weighted by Gasteiger charge is -2.39. The summed E-state index contributed by atoms with van der Waals surface area (Å²) in [6.07, 6.45) is 0.159. The third-order valence-electron chi connectivity index (χ3n) is 5.30. The second-order valence-corrected chi connectivity index (χ2v) is 10.4. The number of ether oxygens (including phenoxy) is 1. The van der Waals surface area contributed by atoms with E-state index in [-0.39, 0.29) is 46.8 Å². The predicted molar refractivity (Wildman–Crippen MR) is 136 cm³/mol. The van der Waals surface area contributed by atoms with Crippen LogP contribution in [-0.4, -0.2) is 77.6 Å². The Morgan fingerprint density at radius 1 is 1.20 bits per heavy atom. The first-order chi connectivity index (χ1) is 13.8. The van der Waals surface area contributed by atoms with Gasteiger partial charge in [0.2, 0.25) is 0 Å². The molecule has 6 nitrogen and oxygen atoms in total. The Morgan fingerprint density at radius 2 is 1.83 bits per heavy atom. The number of morpholine rings is 1. The van der Waals surface area contributed by atoms with Crippen LogP contribution in [0.3, 0.4) is 0 Å². The van der Waals surface area contributed by atoms with Crippen LogP contribution in [0, 0.1) is 0 Å². The number of halogens is 1. The summed E-state index contributed by atoms with van der Waals surface area (Å²) in [5.41, 5.74) is 1.87. The van der Waals surface area contributed by atoms with Crippen LogP contribution < -0.4 is 5.32 Å². The molecule has 2 saturated heterocycles. The van der Waals surface area contributed by atoms with E-state index in [1.165, 1.54) is 0 Å². The van der Waals surface area contributed by atoms with Crippen molar-refractivity contribution in [1.82, 2.24) is 15.1 Å². The third-order valence-corrected chi connectivity index (χ3v) is 6.59. The third kappa shape index (κ3) is 6.75. The summed E-state index contributed by atoms with van der Waals surface area (Å²) in [5.74, 6) is 2.13. The average Bonchev–Trinajstić information content (AvgIpc) is 2.67. The molecule has 30 heavy (non-hydrogen) atoms. The van der Waals surface area contributed by atoms with E-state index in [1.807, 2.05) is 61.8 Å². The van der Waals surface area contributed by atoms with Crippen LogP contribution in [0.1, 0.15) is 43.6 Å². The van der Waals surface area contributed by atoms with Gasteiger partial charge in [0.25, 0.3) is 5.91 Å². The fourth-order valence-electron chi connectivity index (χ4n) is 4.00. The number of rotatable bonds is 3. The van der Waals surface area contributed by atoms with Crippen LogP contribution in [-0.2, 0) is 11.3 Å². The van der Waals surface area contributed by atoms with Crippen LogP contribution >= 0.6 is 35.7 Å². The zero-order chi connectivity index (χ0) is 21.0. The maximum Gasteiger partial charge on any atom is 0.254 e. The van der Waals surface area contributed by atoms with Crippen LogP contribution in [0.15, 0.2) is 29.3 Å². The lowest BCUT2D eigenvalue weighted by Crippen LogP contribution is -2.50. The summed E-state index contributed by atoms with van der Waals surface area (Å²) in [6.45, 7) is 12.6. The number of hydrogen-bond donors (Lipinski definition) is 1. The van der Waals surface area contributed by atoms with Crippen molar-refractivity contribution in [3.63, 3.8) is 0 Å². The van der Waals surface area contributed by atoms with Crippen molar-refractivity contribution in [2.75, 3.05) is 39.0 Å². The molecular weight excluding hydrogens is 511 g/mol. The Hall–Kier alpha value is -1.00. The molecule has 1 aromatic rings. The quantitative estimate of drug-likeness (QED) is 0.358. The molecule has 0 radical (unpaired) electrons. The summed E-state index contributed by atoms with van der Waals surface area (Å²) in [7, 11) is 1.84. The van der Waals surface area contributed by atoms with E-state index < -0.39 is 0 Å². The summed E-state index contributed by atoms with van der Waals surface area (Å²) < 4.78 is 5.97. The van der Waals surface area contributed by atoms with Crippen molar-refractivity contribution >= 4 is 47.6 Å². The van der Waals surface area contributed by atoms with Gasteiger partial charge in [0.15, 0.2) is 5.96 Å². The monoisotopic (exact) mass is 546 g/mol. The minimum absolute atomic E-state index is 0. The highest BCUT2D eigenvalue weighted by Crippen LogP contribution is 2.29. The van der Waals surface area contributed by atoms with Gasteiger partial charge >= 0.3 is 0 Å². The number of benzene rings is 1. The molecule has 0 bridgehead atoms. The number of aliphatic imine (C=N–C) groups is 1. The van der Waals surface area contributed by atoms with Crippen LogP contribution in [0.2, 0.25) is 0 Å². The molecule has 0 spiro atoms. The van der Waals surface area contributed by atoms with Crippen molar-refractivity contribution in [3.05, 3.63) is 35.4 Å². The van der Waals surface area contributed by atoms with E-state index in [1.54, 1.807) is 0 Å². The first kappa shape index (κ1) is 25.3. The van der Waals surface area contributed by atoms with Crippen LogP contribution in [0.5, 0.6) is 0 Å². The fourth-order valence-corrected chi connectivity index (χ4v) is 5.11. The first-order valence-corrected chi connectivity index (χ1v) is 11.4. The molecule has 0 saturated carbocycles. The number of nitrogens with one attached hydrogen (secondary N) is 1. The van der Waals surface area contributed by atoms with Crippen molar-refractivity contribution in [2.45, 2.75) is 51.2 Å². The second kappa shape index (κ2) is 11.0. The zero-order valence-corrected chi connectivity index (χ0v) is 21.8. The molecule has 2 heterocycles. The molecule has 3 rings (SSSR count). The van der Waals surface area contributed by atoms with E-state index >= 15 is 0 Å². The fraction of sp³-hybridized carbons (Fsp3) is 0.636. The standard InChI is InChI=1S/C22H34N4O2S.HI/c1-16-13-26(14-17(2)28-16)20(27)19-8-6-18(7-9-19)12-24-21(23-5)25-10-11-29-22(3,4)15-25;/h6-9,16-17H,10-15H2,1-5H3,(H,23,24);1H. The van der Waals surface area contributed by atoms with Gasteiger partial charge in [-0.15, -0.1) is 24.0 Å². The van der Waals surface area contributed by atoms with Crippen molar-refractivity contribution < 1.29 is 9.53 Å². The molecule has 2 unspecified atom stereocenters. The SMILES string of the molecule is CN=C(NCc1ccc(C(=O)N2CC(C)OC(C)C2)cc1)N1CCSC(C)(C)C1.I. The zero-order valence-electron chi connectivity index (χ0n) is 18.7. The Morgan fingerprint density at radius 3 is 2.40 bits per heavy atom. The van der Waals surface area contributed by atoms with Crippen molar-refractivity contribution in [2.24, 2.45) is 4.99 Å². The number of thioether (sulfide) groups is 1. The van der Waals surface area contributed by atoms with Gasteiger partial charge in [-0.1, -0.05) is 12.1 Å². The summed E-state index contributed by atoms with van der Waals surface area (Å²) in [6, 6.07) is 7.90. The van der Waals surface area contributed by atoms with Crippen molar-refractivity contribution in [1.29, 1.82) is 0 Å². The van der Waals surface area contributed by atoms with Crippen LogP contribution in [0.4, 0.5) is 0 Å². The van der Waals surface area contributed by atoms with Gasteiger partial charge < -0.3 is 19.9 Å². The highest BCUT2D eigenvalue weighted by Gasteiger charge is 2.29. The average molecular weight is 547 g/mol. The Bertz CT molecular complexity index is 731. The minimum Gasteiger partial charge on any atom is -0.372 e. The van der Waals surface area contributed by atoms with Gasteiger partial charge in [-0.2, -0.15) is 11.8 Å². The Balaban J connectivity index is 0.00000320. The topological polar surface area (TPSA) is 57.2 Å². The molecule has 2 atom stereocenters. The molecule has 8 heteroatoms. The lowest BCUT2D eigenvalue weighted by molar-refractivity contribution is -0.0586. The molecule has 2 fully saturated rings. The molecule has 0 aliphatic carbocycles. The predicted octanol–water partition coefficient (Wildman–Crippen LogP) is 3.46. The molecule has 1 amide bonds. The minimum atomic E-state index is 0. The number of carbonyl (C=O) groups excluding carboxylic acids is 1. The van der Waals surface area contributed by atoms with Crippen LogP contribution in [0.25, 0.3) is 0 Å². The second-order valence-electron chi connectivity index (χ2n) is 8.59. The van der Waals surface area contributed by atoms with E-state index in [4.69, 9.17) is 4.74 Å². The van der Waals surface area contributed by atoms with Gasteiger partial charge in [-0.3, -0.25) is 9.79 Å². The first-order valence-electron chi connectivity index (χ1n) is 10.4. The maximum absolute atomic E-state index is 12.8.